The van der Waals surface area contributed by atoms with Crippen LogP contribution in [0.15, 0.2) is 97.3 Å². The summed E-state index contributed by atoms with van der Waals surface area (Å²) in [6.45, 7) is 0. The van der Waals surface area contributed by atoms with Crippen molar-refractivity contribution in [3.8, 4) is 16.8 Å². The summed E-state index contributed by atoms with van der Waals surface area (Å²) in [6.07, 6.45) is 4.16. The Morgan fingerprint density at radius 3 is 1.65 bits per heavy atom. The summed E-state index contributed by atoms with van der Waals surface area (Å²) in [5.41, 5.74) is 6.14. The molecular weight excluding hydrogens is 316 g/mol. The highest BCUT2D eigenvalue weighted by Crippen LogP contribution is 2.32. The molecule has 0 spiro atoms. The molecule has 2 aromatic heterocycles. The van der Waals surface area contributed by atoms with Gasteiger partial charge in [-0.3, -0.25) is 0 Å². The largest absolute Gasteiger partial charge is 0.309 e. The summed E-state index contributed by atoms with van der Waals surface area (Å²) in [4.78, 5) is 0. The maximum atomic E-state index is 2.35. The number of para-hydroxylation sites is 2. The minimum Gasteiger partial charge on any atom is -0.309 e. The fourth-order valence-electron chi connectivity index (χ4n) is 3.70. The second-order valence-electron chi connectivity index (χ2n) is 6.67. The van der Waals surface area contributed by atoms with Crippen molar-refractivity contribution in [1.29, 1.82) is 0 Å². The maximum Gasteiger partial charge on any atom is 0.169 e. The van der Waals surface area contributed by atoms with Crippen molar-refractivity contribution in [2.75, 3.05) is 0 Å². The van der Waals surface area contributed by atoms with Crippen LogP contribution in [-0.4, -0.2) is 4.57 Å². The van der Waals surface area contributed by atoms with Crippen LogP contribution in [-0.2, 0) is 7.05 Å². The molecule has 0 aliphatic carbocycles. The molecule has 124 valence electrons. The summed E-state index contributed by atoms with van der Waals surface area (Å²) in [5.74, 6) is 0. The van der Waals surface area contributed by atoms with Gasteiger partial charge in [0, 0.05) is 28.6 Å². The number of fused-ring (bicyclic) bond motifs is 3. The molecule has 0 N–H and O–H groups in total. The fourth-order valence-corrected chi connectivity index (χ4v) is 3.70. The van der Waals surface area contributed by atoms with Crippen molar-refractivity contribution in [2.24, 2.45) is 7.05 Å². The Morgan fingerprint density at radius 2 is 1.08 bits per heavy atom. The first-order valence-corrected chi connectivity index (χ1v) is 8.85. The monoisotopic (exact) mass is 335 g/mol. The molecular formula is C24H19N2+. The van der Waals surface area contributed by atoms with Gasteiger partial charge in [0.2, 0.25) is 0 Å². The first-order chi connectivity index (χ1) is 12.8. The van der Waals surface area contributed by atoms with Crippen LogP contribution in [0.1, 0.15) is 0 Å². The Hall–Kier alpha value is -3.39. The topological polar surface area (TPSA) is 8.81 Å². The zero-order valence-corrected chi connectivity index (χ0v) is 14.6. The lowest BCUT2D eigenvalue weighted by Gasteiger charge is -2.09. The van der Waals surface area contributed by atoms with E-state index in [-0.39, 0.29) is 0 Å². The first-order valence-electron chi connectivity index (χ1n) is 8.85. The average Bonchev–Trinajstić information content (AvgIpc) is 3.03. The van der Waals surface area contributed by atoms with E-state index in [2.05, 4.69) is 106 Å². The first kappa shape index (κ1) is 14.9. The molecule has 5 rings (SSSR count). The average molecular weight is 335 g/mol. The third-order valence-electron chi connectivity index (χ3n) is 5.02. The van der Waals surface area contributed by atoms with Gasteiger partial charge in [0.05, 0.1) is 11.0 Å². The molecule has 0 bridgehead atoms. The molecule has 2 heterocycles. The van der Waals surface area contributed by atoms with Gasteiger partial charge in [-0.05, 0) is 35.4 Å². The van der Waals surface area contributed by atoms with Gasteiger partial charge in [-0.25, -0.2) is 4.57 Å². The van der Waals surface area contributed by atoms with E-state index >= 15 is 0 Å². The van der Waals surface area contributed by atoms with Crippen LogP contribution < -0.4 is 4.57 Å². The van der Waals surface area contributed by atoms with Gasteiger partial charge in [-0.15, -0.1) is 0 Å². The Kier molecular flexibility index (Phi) is 3.36. The Labute approximate surface area is 152 Å². The molecule has 2 heteroatoms. The zero-order chi connectivity index (χ0) is 17.5. The fraction of sp³-hybridized carbons (Fsp3) is 0.0417. The predicted molar refractivity (Wildman–Crippen MR) is 107 cm³/mol. The van der Waals surface area contributed by atoms with Crippen molar-refractivity contribution in [3.05, 3.63) is 97.3 Å². The van der Waals surface area contributed by atoms with E-state index < -0.39 is 0 Å². The highest BCUT2D eigenvalue weighted by molar-refractivity contribution is 6.09. The minimum atomic E-state index is 1.19. The number of hydrogen-bond acceptors (Lipinski definition) is 0. The molecule has 0 atom stereocenters. The van der Waals surface area contributed by atoms with Gasteiger partial charge >= 0.3 is 0 Å². The highest BCUT2D eigenvalue weighted by atomic mass is 15.0. The van der Waals surface area contributed by atoms with E-state index in [0.717, 1.165) is 0 Å². The van der Waals surface area contributed by atoms with E-state index in [1.54, 1.807) is 0 Å². The van der Waals surface area contributed by atoms with Crippen LogP contribution in [0, 0.1) is 0 Å². The summed E-state index contributed by atoms with van der Waals surface area (Å²) in [5, 5.41) is 2.59. The number of hydrogen-bond donors (Lipinski definition) is 0. The molecule has 0 fully saturated rings. The van der Waals surface area contributed by atoms with Gasteiger partial charge in [0.25, 0.3) is 0 Å². The smallest absolute Gasteiger partial charge is 0.169 e. The van der Waals surface area contributed by atoms with E-state index in [4.69, 9.17) is 0 Å². The molecule has 5 aromatic rings. The molecule has 2 nitrogen and oxygen atoms in total. The summed E-state index contributed by atoms with van der Waals surface area (Å²) >= 11 is 0. The van der Waals surface area contributed by atoms with Crippen LogP contribution >= 0.6 is 0 Å². The minimum absolute atomic E-state index is 1.19. The molecule has 3 aromatic carbocycles. The quantitative estimate of drug-likeness (QED) is 0.388. The number of nitrogens with zero attached hydrogens (tertiary/aromatic N) is 2. The van der Waals surface area contributed by atoms with E-state index in [1.165, 1.54) is 38.6 Å². The van der Waals surface area contributed by atoms with Crippen LogP contribution in [0.3, 0.4) is 0 Å². The van der Waals surface area contributed by atoms with Crippen LogP contribution in [0.4, 0.5) is 0 Å². The number of aromatic nitrogens is 2. The van der Waals surface area contributed by atoms with Gasteiger partial charge in [0.15, 0.2) is 12.4 Å². The maximum absolute atomic E-state index is 2.35. The Morgan fingerprint density at radius 1 is 0.577 bits per heavy atom. The van der Waals surface area contributed by atoms with Crippen molar-refractivity contribution < 1.29 is 4.57 Å². The second kappa shape index (κ2) is 5.85. The SMILES string of the molecule is C[n+]1ccc(-c2ccc(-n3c4ccccc4c4ccccc43)cc2)cc1. The molecule has 0 amide bonds. The summed E-state index contributed by atoms with van der Waals surface area (Å²) < 4.78 is 4.40. The van der Waals surface area contributed by atoms with E-state index in [1.807, 2.05) is 7.05 Å². The van der Waals surface area contributed by atoms with Crippen LogP contribution in [0.2, 0.25) is 0 Å². The lowest BCUT2D eigenvalue weighted by atomic mass is 10.1. The van der Waals surface area contributed by atoms with Crippen LogP contribution in [0.5, 0.6) is 0 Å². The number of rotatable bonds is 2. The molecule has 0 saturated heterocycles. The van der Waals surface area contributed by atoms with Crippen molar-refractivity contribution >= 4 is 21.8 Å². The Bertz CT molecular complexity index is 1160. The van der Waals surface area contributed by atoms with Gasteiger partial charge in [-0.2, -0.15) is 0 Å². The molecule has 0 aliphatic heterocycles. The van der Waals surface area contributed by atoms with Crippen molar-refractivity contribution in [1.82, 2.24) is 4.57 Å². The lowest BCUT2D eigenvalue weighted by molar-refractivity contribution is -0.671. The van der Waals surface area contributed by atoms with Crippen molar-refractivity contribution in [3.63, 3.8) is 0 Å². The number of benzene rings is 3. The van der Waals surface area contributed by atoms with E-state index in [0.29, 0.717) is 0 Å². The lowest BCUT2D eigenvalue weighted by Crippen LogP contribution is -2.25. The third kappa shape index (κ3) is 2.31. The normalized spacial score (nSPS) is 11.3. The van der Waals surface area contributed by atoms with Gasteiger partial charge in [-0.1, -0.05) is 48.5 Å². The molecule has 0 radical (unpaired) electrons. The molecule has 0 aliphatic rings. The molecule has 0 unspecified atom stereocenters. The van der Waals surface area contributed by atoms with Crippen LogP contribution in [0.25, 0.3) is 38.6 Å². The predicted octanol–water partition coefficient (Wildman–Crippen LogP) is 5.28. The van der Waals surface area contributed by atoms with Gasteiger partial charge < -0.3 is 4.57 Å². The molecule has 26 heavy (non-hydrogen) atoms. The third-order valence-corrected chi connectivity index (χ3v) is 5.02. The molecule has 0 saturated carbocycles. The second-order valence-corrected chi connectivity index (χ2v) is 6.67. The van der Waals surface area contributed by atoms with Crippen molar-refractivity contribution in [2.45, 2.75) is 0 Å². The standard InChI is InChI=1S/C24H19N2/c1-25-16-14-19(15-17-25)18-10-12-20(13-11-18)26-23-8-4-2-6-21(23)22-7-3-5-9-24(22)26/h2-17H,1H3/q+1. The number of pyridine rings is 1. The number of aryl methyl sites for hydroxylation is 1. The highest BCUT2D eigenvalue weighted by Gasteiger charge is 2.11. The summed E-state index contributed by atoms with van der Waals surface area (Å²) in [7, 11) is 2.04. The van der Waals surface area contributed by atoms with Gasteiger partial charge in [0.1, 0.15) is 7.05 Å². The zero-order valence-electron chi connectivity index (χ0n) is 14.6. The Balaban J connectivity index is 1.69. The summed E-state index contributed by atoms with van der Waals surface area (Å²) in [6, 6.07) is 30.3. The van der Waals surface area contributed by atoms with E-state index in [9.17, 15) is 0 Å².